The van der Waals surface area contributed by atoms with E-state index >= 15 is 0 Å². The second-order valence-corrected chi connectivity index (χ2v) is 5.99. The molecular formula is C18H24N4S. The second-order valence-electron chi connectivity index (χ2n) is 5.58. The highest BCUT2D eigenvalue weighted by Crippen LogP contribution is 2.14. The molecule has 2 N–H and O–H groups in total. The van der Waals surface area contributed by atoms with Gasteiger partial charge in [-0.25, -0.2) is 0 Å². The highest BCUT2D eigenvalue weighted by atomic mass is 32.1. The molecule has 0 aromatic heterocycles. The van der Waals surface area contributed by atoms with Crippen molar-refractivity contribution in [2.45, 2.75) is 6.54 Å². The first kappa shape index (κ1) is 17.2. The fourth-order valence-electron chi connectivity index (χ4n) is 2.12. The zero-order valence-corrected chi connectivity index (χ0v) is 14.5. The Bertz CT molecular complexity index is 586. The summed E-state index contributed by atoms with van der Waals surface area (Å²) in [4.78, 5) is 2.12. The van der Waals surface area contributed by atoms with Crippen LogP contribution >= 0.6 is 12.2 Å². The summed E-state index contributed by atoms with van der Waals surface area (Å²) in [6, 6.07) is 20.5. The van der Waals surface area contributed by atoms with Crippen molar-refractivity contribution in [3.8, 4) is 0 Å². The Hall–Kier alpha value is -2.11. The summed E-state index contributed by atoms with van der Waals surface area (Å²) in [5.41, 5.74) is 5.59. The number of para-hydroxylation sites is 1. The van der Waals surface area contributed by atoms with E-state index in [9.17, 15) is 0 Å². The molecule has 0 fully saturated rings. The molecule has 0 aliphatic rings. The average Bonchev–Trinajstić information content (AvgIpc) is 2.56. The van der Waals surface area contributed by atoms with Crippen LogP contribution in [-0.2, 0) is 6.54 Å². The zero-order chi connectivity index (χ0) is 16.5. The fraction of sp³-hybridized carbons (Fsp3) is 0.278. The third-order valence-electron chi connectivity index (χ3n) is 3.33. The van der Waals surface area contributed by atoms with Gasteiger partial charge < -0.3 is 10.2 Å². The van der Waals surface area contributed by atoms with Gasteiger partial charge in [0.25, 0.3) is 0 Å². The number of likely N-dealkylation sites (N-methyl/N-ethyl adjacent to an activating group) is 1. The maximum atomic E-state index is 5.42. The van der Waals surface area contributed by atoms with E-state index in [1.807, 2.05) is 50.5 Å². The number of hydrazine groups is 1. The molecule has 0 saturated heterocycles. The molecule has 0 saturated carbocycles. The Labute approximate surface area is 144 Å². The SMILES string of the molecule is CN(C)CCNC(=S)NN(Cc1ccccc1)c1ccccc1. The van der Waals surface area contributed by atoms with E-state index in [-0.39, 0.29) is 0 Å². The Morgan fingerprint density at radius 3 is 2.17 bits per heavy atom. The number of thiocarbonyl (C=S) groups is 1. The molecule has 5 heteroatoms. The third kappa shape index (κ3) is 6.26. The normalized spacial score (nSPS) is 10.4. The van der Waals surface area contributed by atoms with Crippen molar-refractivity contribution in [1.82, 2.24) is 15.6 Å². The average molecular weight is 328 g/mol. The quantitative estimate of drug-likeness (QED) is 0.603. The monoisotopic (exact) mass is 328 g/mol. The highest BCUT2D eigenvalue weighted by Gasteiger charge is 2.08. The molecule has 2 aromatic rings. The lowest BCUT2D eigenvalue weighted by Crippen LogP contribution is -2.48. The van der Waals surface area contributed by atoms with Gasteiger partial charge in [0.05, 0.1) is 12.2 Å². The minimum absolute atomic E-state index is 0.631. The molecule has 0 aliphatic heterocycles. The topological polar surface area (TPSA) is 30.5 Å². The lowest BCUT2D eigenvalue weighted by Gasteiger charge is -2.27. The zero-order valence-electron chi connectivity index (χ0n) is 13.7. The fourth-order valence-corrected chi connectivity index (χ4v) is 2.34. The molecule has 0 bridgehead atoms. The predicted molar refractivity (Wildman–Crippen MR) is 101 cm³/mol. The smallest absolute Gasteiger partial charge is 0.185 e. The molecule has 0 amide bonds. The van der Waals surface area contributed by atoms with Gasteiger partial charge in [-0.2, -0.15) is 0 Å². The number of rotatable bonds is 7. The molecule has 0 spiro atoms. The molecule has 23 heavy (non-hydrogen) atoms. The van der Waals surface area contributed by atoms with E-state index in [0.29, 0.717) is 5.11 Å². The number of nitrogens with zero attached hydrogens (tertiary/aromatic N) is 2. The summed E-state index contributed by atoms with van der Waals surface area (Å²) in [6.45, 7) is 2.49. The first-order valence-corrected chi connectivity index (χ1v) is 8.11. The van der Waals surface area contributed by atoms with Crippen LogP contribution in [-0.4, -0.2) is 37.2 Å². The van der Waals surface area contributed by atoms with Crippen LogP contribution in [0, 0.1) is 0 Å². The Kier molecular flexibility index (Phi) is 6.84. The number of hydrogen-bond donors (Lipinski definition) is 2. The molecule has 0 radical (unpaired) electrons. The molecular weight excluding hydrogens is 304 g/mol. The van der Waals surface area contributed by atoms with Crippen molar-refractivity contribution in [3.63, 3.8) is 0 Å². The van der Waals surface area contributed by atoms with Crippen LogP contribution in [0.5, 0.6) is 0 Å². The van der Waals surface area contributed by atoms with Crippen LogP contribution in [0.4, 0.5) is 5.69 Å². The summed E-state index contributed by atoms with van der Waals surface area (Å²) in [5, 5.41) is 5.92. The standard InChI is InChI=1S/C18H24N4S/c1-21(2)14-13-19-18(23)20-22(17-11-7-4-8-12-17)15-16-9-5-3-6-10-16/h3-12H,13-15H2,1-2H3,(H2,19,20,23). The number of nitrogens with one attached hydrogen (secondary N) is 2. The van der Waals surface area contributed by atoms with Crippen LogP contribution < -0.4 is 15.8 Å². The minimum Gasteiger partial charge on any atom is -0.360 e. The van der Waals surface area contributed by atoms with Crippen molar-refractivity contribution in [3.05, 3.63) is 66.2 Å². The van der Waals surface area contributed by atoms with Gasteiger partial charge >= 0.3 is 0 Å². The Morgan fingerprint density at radius 2 is 1.57 bits per heavy atom. The van der Waals surface area contributed by atoms with Gasteiger partial charge in [-0.3, -0.25) is 10.4 Å². The van der Waals surface area contributed by atoms with Crippen LogP contribution in [0.3, 0.4) is 0 Å². The van der Waals surface area contributed by atoms with Crippen molar-refractivity contribution < 1.29 is 0 Å². The molecule has 122 valence electrons. The first-order chi connectivity index (χ1) is 11.1. The summed E-state index contributed by atoms with van der Waals surface area (Å²) in [5.74, 6) is 0. The van der Waals surface area contributed by atoms with Crippen molar-refractivity contribution in [2.24, 2.45) is 0 Å². The third-order valence-corrected chi connectivity index (χ3v) is 3.57. The van der Waals surface area contributed by atoms with Crippen LogP contribution in [0.2, 0.25) is 0 Å². The molecule has 4 nitrogen and oxygen atoms in total. The van der Waals surface area contributed by atoms with Gasteiger partial charge in [-0.1, -0.05) is 48.5 Å². The summed E-state index contributed by atoms with van der Waals surface area (Å²) >= 11 is 5.42. The predicted octanol–water partition coefficient (Wildman–Crippen LogP) is 2.63. The van der Waals surface area contributed by atoms with Gasteiger partial charge in [-0.05, 0) is 44.0 Å². The Morgan fingerprint density at radius 1 is 0.957 bits per heavy atom. The van der Waals surface area contributed by atoms with Crippen LogP contribution in [0.25, 0.3) is 0 Å². The van der Waals surface area contributed by atoms with E-state index in [4.69, 9.17) is 12.2 Å². The molecule has 0 unspecified atom stereocenters. The largest absolute Gasteiger partial charge is 0.360 e. The number of hydrogen-bond acceptors (Lipinski definition) is 3. The van der Waals surface area contributed by atoms with E-state index in [2.05, 4.69) is 44.9 Å². The lowest BCUT2D eigenvalue weighted by atomic mass is 10.2. The second kappa shape index (κ2) is 9.12. The van der Waals surface area contributed by atoms with Gasteiger partial charge in [0.2, 0.25) is 0 Å². The van der Waals surface area contributed by atoms with Crippen molar-refractivity contribution >= 4 is 23.0 Å². The van der Waals surface area contributed by atoms with Gasteiger partial charge in [0.15, 0.2) is 5.11 Å². The maximum Gasteiger partial charge on any atom is 0.185 e. The summed E-state index contributed by atoms with van der Waals surface area (Å²) in [7, 11) is 4.09. The minimum atomic E-state index is 0.631. The molecule has 0 heterocycles. The van der Waals surface area contributed by atoms with Crippen molar-refractivity contribution in [2.75, 3.05) is 32.2 Å². The van der Waals surface area contributed by atoms with Crippen LogP contribution in [0.1, 0.15) is 5.56 Å². The van der Waals surface area contributed by atoms with Gasteiger partial charge in [-0.15, -0.1) is 0 Å². The molecule has 0 atom stereocenters. The number of benzene rings is 2. The van der Waals surface area contributed by atoms with E-state index < -0.39 is 0 Å². The van der Waals surface area contributed by atoms with Gasteiger partial charge in [0.1, 0.15) is 0 Å². The first-order valence-electron chi connectivity index (χ1n) is 7.71. The van der Waals surface area contributed by atoms with Crippen molar-refractivity contribution in [1.29, 1.82) is 0 Å². The van der Waals surface area contributed by atoms with Gasteiger partial charge in [0, 0.05) is 13.1 Å². The van der Waals surface area contributed by atoms with E-state index in [1.54, 1.807) is 0 Å². The summed E-state index contributed by atoms with van der Waals surface area (Å²) < 4.78 is 0. The molecule has 2 rings (SSSR count). The molecule has 0 aliphatic carbocycles. The van der Waals surface area contributed by atoms with Crippen LogP contribution in [0.15, 0.2) is 60.7 Å². The lowest BCUT2D eigenvalue weighted by molar-refractivity contribution is 0.412. The Balaban J connectivity index is 2.01. The number of anilines is 1. The molecule has 2 aromatic carbocycles. The maximum absolute atomic E-state index is 5.42. The van der Waals surface area contributed by atoms with E-state index in [0.717, 1.165) is 25.3 Å². The highest BCUT2D eigenvalue weighted by molar-refractivity contribution is 7.80. The van der Waals surface area contributed by atoms with E-state index in [1.165, 1.54) is 5.56 Å². The summed E-state index contributed by atoms with van der Waals surface area (Å²) in [6.07, 6.45) is 0.